The smallest absolute Gasteiger partial charge is 0.325 e. The van der Waals surface area contributed by atoms with Crippen LogP contribution >= 0.6 is 0 Å². The second-order valence-electron chi connectivity index (χ2n) is 5.37. The first-order valence-electron chi connectivity index (χ1n) is 6.78. The van der Waals surface area contributed by atoms with E-state index < -0.39 is 0 Å². The van der Waals surface area contributed by atoms with E-state index in [2.05, 4.69) is 6.42 Å². The molecule has 0 atom stereocenters. The van der Waals surface area contributed by atoms with Crippen LogP contribution in [0.25, 0.3) is 0 Å². The van der Waals surface area contributed by atoms with Gasteiger partial charge >= 0.3 is 18.9 Å². The van der Waals surface area contributed by atoms with Crippen molar-refractivity contribution in [2.75, 3.05) is 0 Å². The first-order valence-corrected chi connectivity index (χ1v) is 6.78. The van der Waals surface area contributed by atoms with E-state index in [4.69, 9.17) is 0 Å². The Hall–Kier alpha value is 0.597. The second kappa shape index (κ2) is 7.80. The van der Waals surface area contributed by atoms with Crippen molar-refractivity contribution in [2.45, 2.75) is 70.6 Å². The van der Waals surface area contributed by atoms with Crippen LogP contribution in [0.1, 0.15) is 70.6 Å². The van der Waals surface area contributed by atoms with Gasteiger partial charge in [0.2, 0.25) is 0 Å². The molecular weight excluding hydrogens is 175 g/mol. The largest absolute Gasteiger partial charge is 1.00 e. The van der Waals surface area contributed by atoms with Crippen molar-refractivity contribution in [3.05, 3.63) is 6.42 Å². The molecule has 1 heteroatoms. The summed E-state index contributed by atoms with van der Waals surface area (Å²) in [4.78, 5) is 0. The summed E-state index contributed by atoms with van der Waals surface area (Å²) < 4.78 is 0. The molecule has 0 spiro atoms. The molecule has 2 aliphatic carbocycles. The van der Waals surface area contributed by atoms with Crippen LogP contribution in [0.3, 0.4) is 0 Å². The predicted octanol–water partition coefficient (Wildman–Crippen LogP) is 1.75. The fourth-order valence-corrected chi connectivity index (χ4v) is 3.18. The van der Waals surface area contributed by atoms with Crippen LogP contribution in [0.2, 0.25) is 0 Å². The standard InChI is InChI=1S/C14H25.Li/c1-3-7-13(8-4-1)11-12-14-9-5-2-6-10-14;/h11,13-14H,1-10,12H2;/q-1;+1. The Bertz CT molecular complexity index is 125. The van der Waals surface area contributed by atoms with E-state index in [0.717, 1.165) is 11.8 Å². The summed E-state index contributed by atoms with van der Waals surface area (Å²) in [5.41, 5.74) is 0. The van der Waals surface area contributed by atoms with E-state index in [1.165, 1.54) is 70.6 Å². The maximum Gasteiger partial charge on any atom is 1.00 e. The van der Waals surface area contributed by atoms with E-state index in [9.17, 15) is 0 Å². The zero-order valence-electron chi connectivity index (χ0n) is 10.5. The summed E-state index contributed by atoms with van der Waals surface area (Å²) in [5.74, 6) is 2.05. The third-order valence-electron chi connectivity index (χ3n) is 4.18. The molecular formula is C14H25Li. The van der Waals surface area contributed by atoms with Gasteiger partial charge in [0.05, 0.1) is 0 Å². The van der Waals surface area contributed by atoms with E-state index in [1.807, 2.05) is 0 Å². The van der Waals surface area contributed by atoms with E-state index >= 15 is 0 Å². The number of hydrogen-bond acceptors (Lipinski definition) is 0. The van der Waals surface area contributed by atoms with Gasteiger partial charge in [-0.2, -0.15) is 12.3 Å². The number of hydrogen-bond donors (Lipinski definition) is 0. The maximum atomic E-state index is 2.68. The molecule has 0 radical (unpaired) electrons. The van der Waals surface area contributed by atoms with Gasteiger partial charge in [-0.1, -0.05) is 70.1 Å². The molecule has 0 saturated heterocycles. The molecule has 0 aromatic rings. The van der Waals surface area contributed by atoms with Crippen LogP contribution in [0.15, 0.2) is 0 Å². The van der Waals surface area contributed by atoms with Crippen LogP contribution in [0.4, 0.5) is 0 Å². The topological polar surface area (TPSA) is 0 Å². The molecule has 0 aromatic carbocycles. The third kappa shape index (κ3) is 4.97. The van der Waals surface area contributed by atoms with Crippen molar-refractivity contribution in [1.29, 1.82) is 0 Å². The zero-order valence-corrected chi connectivity index (χ0v) is 10.5. The van der Waals surface area contributed by atoms with Gasteiger partial charge in [0.25, 0.3) is 0 Å². The summed E-state index contributed by atoms with van der Waals surface area (Å²) in [7, 11) is 0. The average molecular weight is 200 g/mol. The Morgan fingerprint density at radius 3 is 1.87 bits per heavy atom. The van der Waals surface area contributed by atoms with Crippen molar-refractivity contribution in [1.82, 2.24) is 0 Å². The maximum absolute atomic E-state index is 2.68. The van der Waals surface area contributed by atoms with Crippen molar-refractivity contribution in [3.63, 3.8) is 0 Å². The van der Waals surface area contributed by atoms with Crippen molar-refractivity contribution in [2.24, 2.45) is 11.8 Å². The second-order valence-corrected chi connectivity index (χ2v) is 5.37. The minimum Gasteiger partial charge on any atom is -0.325 e. The summed E-state index contributed by atoms with van der Waals surface area (Å²) >= 11 is 0. The molecule has 0 heterocycles. The Labute approximate surface area is 108 Å². The summed E-state index contributed by atoms with van der Waals surface area (Å²) in [6.45, 7) is 0. The first kappa shape index (κ1) is 13.7. The normalized spacial score (nSPS) is 24.8. The molecule has 0 nitrogen and oxygen atoms in total. The van der Waals surface area contributed by atoms with Crippen molar-refractivity contribution >= 4 is 0 Å². The Balaban J connectivity index is 0.00000112. The van der Waals surface area contributed by atoms with Gasteiger partial charge < -0.3 is 6.42 Å². The molecule has 2 rings (SSSR count). The van der Waals surface area contributed by atoms with Gasteiger partial charge in [0.1, 0.15) is 0 Å². The molecule has 0 amide bonds. The summed E-state index contributed by atoms with van der Waals surface area (Å²) in [6, 6.07) is 0. The van der Waals surface area contributed by atoms with E-state index in [-0.39, 0.29) is 18.9 Å². The molecule has 15 heavy (non-hydrogen) atoms. The molecule has 2 saturated carbocycles. The minimum absolute atomic E-state index is 0. The number of rotatable bonds is 3. The quantitative estimate of drug-likeness (QED) is 0.481. The van der Waals surface area contributed by atoms with Crippen LogP contribution in [0.5, 0.6) is 0 Å². The summed E-state index contributed by atoms with van der Waals surface area (Å²) in [6.07, 6.45) is 19.1. The molecule has 0 aliphatic heterocycles. The molecule has 2 aliphatic rings. The van der Waals surface area contributed by atoms with Crippen LogP contribution in [-0.4, -0.2) is 0 Å². The fourth-order valence-electron chi connectivity index (χ4n) is 3.18. The predicted molar refractivity (Wildman–Crippen MR) is 62.1 cm³/mol. The van der Waals surface area contributed by atoms with Gasteiger partial charge in [-0.3, -0.25) is 0 Å². The molecule has 0 unspecified atom stereocenters. The average Bonchev–Trinajstić information content (AvgIpc) is 2.29. The summed E-state index contributed by atoms with van der Waals surface area (Å²) in [5, 5.41) is 0. The third-order valence-corrected chi connectivity index (χ3v) is 4.18. The van der Waals surface area contributed by atoms with Gasteiger partial charge in [0, 0.05) is 0 Å². The van der Waals surface area contributed by atoms with Crippen LogP contribution in [-0.2, 0) is 0 Å². The Morgan fingerprint density at radius 2 is 1.27 bits per heavy atom. The SMILES string of the molecule is [CH-](CC1CCCCC1)C1CCCCC1.[Li+]. The van der Waals surface area contributed by atoms with Gasteiger partial charge in [-0.25, -0.2) is 0 Å². The minimum atomic E-state index is 0. The van der Waals surface area contributed by atoms with Gasteiger partial charge in [-0.15, -0.1) is 0 Å². The van der Waals surface area contributed by atoms with Crippen molar-refractivity contribution < 1.29 is 18.9 Å². The van der Waals surface area contributed by atoms with Crippen LogP contribution in [0, 0.1) is 18.3 Å². The first-order chi connectivity index (χ1) is 6.95. The van der Waals surface area contributed by atoms with E-state index in [1.54, 1.807) is 0 Å². The zero-order chi connectivity index (χ0) is 9.64. The van der Waals surface area contributed by atoms with Crippen molar-refractivity contribution in [3.8, 4) is 0 Å². The Morgan fingerprint density at radius 1 is 0.733 bits per heavy atom. The molecule has 0 N–H and O–H groups in total. The van der Waals surface area contributed by atoms with Gasteiger partial charge in [0.15, 0.2) is 0 Å². The fraction of sp³-hybridized carbons (Fsp3) is 0.929. The molecule has 2 fully saturated rings. The Kier molecular flexibility index (Phi) is 7.11. The van der Waals surface area contributed by atoms with Crippen LogP contribution < -0.4 is 18.9 Å². The van der Waals surface area contributed by atoms with E-state index in [0.29, 0.717) is 0 Å². The van der Waals surface area contributed by atoms with Gasteiger partial charge in [-0.05, 0) is 0 Å². The molecule has 0 bridgehead atoms. The molecule has 82 valence electrons. The monoisotopic (exact) mass is 200 g/mol. The molecule has 0 aromatic heterocycles.